The molecule has 0 saturated carbocycles. The Morgan fingerprint density at radius 3 is 2.33 bits per heavy atom. The molecule has 1 aliphatic heterocycles. The average Bonchev–Trinajstić information content (AvgIpc) is 3.14. The van der Waals surface area contributed by atoms with Gasteiger partial charge in [-0.2, -0.15) is 0 Å². The van der Waals surface area contributed by atoms with Crippen LogP contribution in [0.3, 0.4) is 0 Å². The van der Waals surface area contributed by atoms with E-state index >= 15 is 0 Å². The highest BCUT2D eigenvalue weighted by molar-refractivity contribution is 6.31. The van der Waals surface area contributed by atoms with Gasteiger partial charge in [-0.05, 0) is 60.4 Å². The summed E-state index contributed by atoms with van der Waals surface area (Å²) in [5.41, 5.74) is 4.29. The Morgan fingerprint density at radius 2 is 1.64 bits per heavy atom. The van der Waals surface area contributed by atoms with Crippen LogP contribution >= 0.6 is 23.2 Å². The van der Waals surface area contributed by atoms with Crippen molar-refractivity contribution in [2.45, 2.75) is 24.9 Å². The predicted octanol–water partition coefficient (Wildman–Crippen LogP) is 6.76. The maximum absolute atomic E-state index is 13.2. The molecule has 0 atom stereocenters. The van der Waals surface area contributed by atoms with Crippen molar-refractivity contribution in [3.8, 4) is 11.3 Å². The van der Waals surface area contributed by atoms with Crippen molar-refractivity contribution in [3.63, 3.8) is 0 Å². The molecule has 36 heavy (non-hydrogen) atoms. The maximum atomic E-state index is 13.2. The number of carbonyl (C=O) groups excluding carboxylic acids is 1. The lowest BCUT2D eigenvalue weighted by molar-refractivity contribution is -0.130. The van der Waals surface area contributed by atoms with Crippen LogP contribution in [0, 0.1) is 0 Å². The van der Waals surface area contributed by atoms with Gasteiger partial charge in [0.2, 0.25) is 5.91 Å². The number of likely N-dealkylation sites (tertiary alicyclic amines) is 1. The van der Waals surface area contributed by atoms with Crippen LogP contribution < -0.4 is 0 Å². The zero-order valence-corrected chi connectivity index (χ0v) is 21.6. The summed E-state index contributed by atoms with van der Waals surface area (Å²) in [6.45, 7) is 1.05. The average molecular weight is 519 g/mol. The van der Waals surface area contributed by atoms with Gasteiger partial charge in [-0.25, -0.2) is 0 Å². The third-order valence-corrected chi connectivity index (χ3v) is 7.58. The lowest BCUT2D eigenvalue weighted by atomic mass is 9.85. The quantitative estimate of drug-likeness (QED) is 0.296. The molecule has 2 heterocycles. The largest absolute Gasteiger partial charge is 0.389 e. The molecule has 3 aromatic carbocycles. The number of carbonyl (C=O) groups is 1. The van der Waals surface area contributed by atoms with Gasteiger partial charge in [-0.15, -0.1) is 0 Å². The summed E-state index contributed by atoms with van der Waals surface area (Å²) in [7, 11) is 2.01. The first kappa shape index (κ1) is 24.6. The number of hydrogen-bond donors (Lipinski definition) is 1. The number of rotatable bonds is 5. The van der Waals surface area contributed by atoms with Crippen molar-refractivity contribution < 1.29 is 9.90 Å². The highest BCUT2D eigenvalue weighted by Crippen LogP contribution is 2.36. The first-order valence-electron chi connectivity index (χ1n) is 12.1. The van der Waals surface area contributed by atoms with E-state index in [1.165, 1.54) is 0 Å². The number of benzene rings is 3. The highest BCUT2D eigenvalue weighted by Gasteiger charge is 2.33. The molecular weight excluding hydrogens is 491 g/mol. The predicted molar refractivity (Wildman–Crippen MR) is 148 cm³/mol. The fraction of sp³-hybridized carbons (Fsp3) is 0.233. The topological polar surface area (TPSA) is 45.5 Å². The minimum absolute atomic E-state index is 0.0575. The Kier molecular flexibility index (Phi) is 6.94. The lowest BCUT2D eigenvalue weighted by Gasteiger charge is -2.38. The van der Waals surface area contributed by atoms with Crippen LogP contribution in [-0.4, -0.2) is 39.2 Å². The molecule has 1 saturated heterocycles. The third-order valence-electron chi connectivity index (χ3n) is 7.09. The SMILES string of the molecule is Cn1c(-c2ccc(Cl)cc2)c(C=CC(=O)N2CCC(O)(Cc3ccccc3)CC2)c2cc(Cl)ccc21. The highest BCUT2D eigenvalue weighted by atomic mass is 35.5. The van der Waals surface area contributed by atoms with Gasteiger partial charge in [-0.3, -0.25) is 4.79 Å². The number of aliphatic hydroxyl groups is 1. The van der Waals surface area contributed by atoms with Crippen LogP contribution in [-0.2, 0) is 18.3 Å². The molecule has 1 aromatic heterocycles. The second-order valence-electron chi connectivity index (χ2n) is 9.53. The van der Waals surface area contributed by atoms with E-state index in [9.17, 15) is 9.90 Å². The molecule has 0 bridgehead atoms. The summed E-state index contributed by atoms with van der Waals surface area (Å²) in [4.78, 5) is 15.0. The van der Waals surface area contributed by atoms with Crippen molar-refractivity contribution in [1.29, 1.82) is 0 Å². The first-order valence-corrected chi connectivity index (χ1v) is 12.9. The van der Waals surface area contributed by atoms with Crippen LogP contribution in [0.1, 0.15) is 24.0 Å². The van der Waals surface area contributed by atoms with Crippen LogP contribution in [0.4, 0.5) is 0 Å². The molecule has 1 aliphatic rings. The van der Waals surface area contributed by atoms with E-state index in [1.807, 2.05) is 90.8 Å². The van der Waals surface area contributed by atoms with Crippen molar-refractivity contribution in [2.75, 3.05) is 13.1 Å². The monoisotopic (exact) mass is 518 g/mol. The number of fused-ring (bicyclic) bond motifs is 1. The van der Waals surface area contributed by atoms with E-state index in [0.717, 1.165) is 33.3 Å². The minimum Gasteiger partial charge on any atom is -0.389 e. The Labute approximate surface area is 221 Å². The molecule has 5 rings (SSSR count). The van der Waals surface area contributed by atoms with Gasteiger partial charge in [0, 0.05) is 59.1 Å². The second-order valence-corrected chi connectivity index (χ2v) is 10.4. The zero-order valence-electron chi connectivity index (χ0n) is 20.1. The van der Waals surface area contributed by atoms with E-state index < -0.39 is 5.60 Å². The van der Waals surface area contributed by atoms with Crippen LogP contribution in [0.5, 0.6) is 0 Å². The van der Waals surface area contributed by atoms with Crippen molar-refractivity contribution in [1.82, 2.24) is 9.47 Å². The van der Waals surface area contributed by atoms with Gasteiger partial charge >= 0.3 is 0 Å². The van der Waals surface area contributed by atoms with Gasteiger partial charge in [0.1, 0.15) is 0 Å². The van der Waals surface area contributed by atoms with E-state index in [1.54, 1.807) is 6.08 Å². The van der Waals surface area contributed by atoms with E-state index in [2.05, 4.69) is 4.57 Å². The van der Waals surface area contributed by atoms with Crippen LogP contribution in [0.15, 0.2) is 78.9 Å². The number of hydrogen-bond acceptors (Lipinski definition) is 2. The van der Waals surface area contributed by atoms with E-state index in [0.29, 0.717) is 42.4 Å². The molecule has 1 amide bonds. The van der Waals surface area contributed by atoms with Crippen LogP contribution in [0.2, 0.25) is 10.0 Å². The summed E-state index contributed by atoms with van der Waals surface area (Å²) in [6.07, 6.45) is 5.24. The number of nitrogens with zero attached hydrogens (tertiary/aromatic N) is 2. The Morgan fingerprint density at radius 1 is 0.972 bits per heavy atom. The summed E-state index contributed by atoms with van der Waals surface area (Å²) in [5.74, 6) is -0.0575. The molecular formula is C30H28Cl2N2O2. The summed E-state index contributed by atoms with van der Waals surface area (Å²) in [6, 6.07) is 23.5. The fourth-order valence-corrected chi connectivity index (χ4v) is 5.42. The molecule has 184 valence electrons. The number of halogens is 2. The molecule has 4 aromatic rings. The molecule has 0 radical (unpaired) electrons. The molecule has 4 nitrogen and oxygen atoms in total. The van der Waals surface area contributed by atoms with Crippen molar-refractivity contribution in [2.24, 2.45) is 7.05 Å². The summed E-state index contributed by atoms with van der Waals surface area (Å²) >= 11 is 12.5. The molecule has 6 heteroatoms. The number of aromatic nitrogens is 1. The number of amides is 1. The Balaban J connectivity index is 1.38. The van der Waals surface area contributed by atoms with Crippen LogP contribution in [0.25, 0.3) is 28.2 Å². The minimum atomic E-state index is -0.782. The van der Waals surface area contributed by atoms with Gasteiger partial charge in [-0.1, -0.05) is 65.7 Å². The normalized spacial score (nSPS) is 15.6. The van der Waals surface area contributed by atoms with E-state index in [-0.39, 0.29) is 5.91 Å². The zero-order chi connectivity index (χ0) is 25.3. The summed E-state index contributed by atoms with van der Waals surface area (Å²) < 4.78 is 2.11. The molecule has 0 aliphatic carbocycles. The molecule has 0 unspecified atom stereocenters. The van der Waals surface area contributed by atoms with Gasteiger partial charge in [0.25, 0.3) is 0 Å². The maximum Gasteiger partial charge on any atom is 0.246 e. The number of aryl methyl sites for hydroxylation is 1. The Hall–Kier alpha value is -3.05. The standard InChI is InChI=1S/C30H28Cl2N2O2/c1-33-27-13-11-24(32)19-26(27)25(29(33)22-7-9-23(31)10-8-22)12-14-28(35)34-17-15-30(36,16-18-34)20-21-5-3-2-4-6-21/h2-14,19,36H,15-18,20H2,1H3. The van der Waals surface area contributed by atoms with Gasteiger partial charge in [0.15, 0.2) is 0 Å². The molecule has 1 N–H and O–H groups in total. The number of piperidine rings is 1. The fourth-order valence-electron chi connectivity index (χ4n) is 5.13. The molecule has 1 fully saturated rings. The lowest BCUT2D eigenvalue weighted by Crippen LogP contribution is -2.47. The molecule has 0 spiro atoms. The van der Waals surface area contributed by atoms with Crippen molar-refractivity contribution in [3.05, 3.63) is 100 Å². The first-order chi connectivity index (χ1) is 17.3. The Bertz CT molecular complexity index is 1420. The van der Waals surface area contributed by atoms with Gasteiger partial charge < -0.3 is 14.6 Å². The third kappa shape index (κ3) is 5.08. The van der Waals surface area contributed by atoms with Crippen molar-refractivity contribution >= 4 is 46.1 Å². The van der Waals surface area contributed by atoms with E-state index in [4.69, 9.17) is 23.2 Å². The second kappa shape index (κ2) is 10.1. The summed E-state index contributed by atoms with van der Waals surface area (Å²) in [5, 5.41) is 13.4. The van der Waals surface area contributed by atoms with Gasteiger partial charge in [0.05, 0.1) is 11.3 Å². The smallest absolute Gasteiger partial charge is 0.246 e.